The average molecular weight is 259 g/mol. The number of hydrogen-bond donors (Lipinski definition) is 0. The molecule has 0 bridgehead atoms. The van der Waals surface area contributed by atoms with Crippen LogP contribution < -0.4 is 0 Å². The number of halogens is 1. The summed E-state index contributed by atoms with van der Waals surface area (Å²) in [5.74, 6) is 2.82. The van der Waals surface area contributed by atoms with Gasteiger partial charge in [-0.3, -0.25) is 0 Å². The smallest absolute Gasteiger partial charge is 0.00705 e. The Balaban J connectivity index is 2.18. The molecule has 0 aromatic heterocycles. The van der Waals surface area contributed by atoms with E-state index in [1.807, 2.05) is 0 Å². The second-order valence-electron chi connectivity index (χ2n) is 6.25. The molecular formula is C13H23Br. The van der Waals surface area contributed by atoms with Crippen molar-refractivity contribution in [3.8, 4) is 0 Å². The van der Waals surface area contributed by atoms with E-state index in [4.69, 9.17) is 0 Å². The molecule has 0 amide bonds. The first-order valence-electron chi connectivity index (χ1n) is 6.02. The molecule has 1 heteroatoms. The predicted octanol–water partition coefficient (Wildman–Crippen LogP) is 4.48. The fraction of sp³-hybridized carbons (Fsp3) is 1.00. The van der Waals surface area contributed by atoms with Crippen LogP contribution in [0.1, 0.15) is 47.0 Å². The summed E-state index contributed by atoms with van der Waals surface area (Å²) in [6.45, 7) is 9.86. The maximum atomic E-state index is 3.70. The van der Waals surface area contributed by atoms with E-state index in [2.05, 4.69) is 43.6 Å². The van der Waals surface area contributed by atoms with Gasteiger partial charge in [0.25, 0.3) is 0 Å². The highest BCUT2D eigenvalue weighted by atomic mass is 79.9. The molecule has 0 nitrogen and oxygen atoms in total. The zero-order valence-electron chi connectivity index (χ0n) is 9.94. The summed E-state index contributed by atoms with van der Waals surface area (Å²) in [5.41, 5.74) is 1.28. The van der Waals surface area contributed by atoms with Crippen LogP contribution >= 0.6 is 15.9 Å². The first kappa shape index (κ1) is 11.0. The second-order valence-corrected chi connectivity index (χ2v) is 6.90. The Kier molecular flexibility index (Phi) is 2.54. The molecule has 2 saturated carbocycles. The third kappa shape index (κ3) is 1.17. The van der Waals surface area contributed by atoms with Crippen LogP contribution in [-0.4, -0.2) is 5.33 Å². The monoisotopic (exact) mass is 258 g/mol. The lowest BCUT2D eigenvalue weighted by Crippen LogP contribution is -2.27. The lowest BCUT2D eigenvalue weighted by molar-refractivity contribution is 0.139. The molecule has 4 atom stereocenters. The Bertz CT molecular complexity index is 233. The third-order valence-corrected chi connectivity index (χ3v) is 6.10. The average Bonchev–Trinajstić information content (AvgIpc) is 2.57. The van der Waals surface area contributed by atoms with Gasteiger partial charge in [0.05, 0.1) is 0 Å². The van der Waals surface area contributed by atoms with Gasteiger partial charge in [-0.15, -0.1) is 0 Å². The highest BCUT2D eigenvalue weighted by Gasteiger charge is 2.71. The minimum Gasteiger partial charge on any atom is -0.0925 e. The zero-order chi connectivity index (χ0) is 10.6. The van der Waals surface area contributed by atoms with Gasteiger partial charge in [0.1, 0.15) is 0 Å². The van der Waals surface area contributed by atoms with Gasteiger partial charge in [-0.2, -0.15) is 0 Å². The summed E-state index contributed by atoms with van der Waals surface area (Å²) in [6.07, 6.45) is 4.38. The highest BCUT2D eigenvalue weighted by Crippen LogP contribution is 2.77. The lowest BCUT2D eigenvalue weighted by Gasteiger charge is -2.36. The van der Waals surface area contributed by atoms with Gasteiger partial charge in [-0.1, -0.05) is 50.0 Å². The van der Waals surface area contributed by atoms with Crippen molar-refractivity contribution in [3.63, 3.8) is 0 Å². The van der Waals surface area contributed by atoms with Gasteiger partial charge in [0, 0.05) is 5.33 Å². The molecule has 0 aliphatic heterocycles. The van der Waals surface area contributed by atoms with E-state index in [0.717, 1.165) is 17.8 Å². The van der Waals surface area contributed by atoms with Crippen LogP contribution in [0.3, 0.4) is 0 Å². The summed E-state index contributed by atoms with van der Waals surface area (Å²) in [5, 5.41) is 1.21. The molecule has 0 aromatic rings. The molecule has 2 rings (SSSR count). The molecule has 2 aliphatic carbocycles. The van der Waals surface area contributed by atoms with Crippen molar-refractivity contribution in [3.05, 3.63) is 0 Å². The standard InChI is InChI=1S/C13H23Br/c1-9-5-6-13(10(2)7-9)11(8-14)12(13,3)4/h9-11H,5-8H2,1-4H3. The molecule has 1 spiro atoms. The fourth-order valence-electron chi connectivity index (χ4n) is 4.47. The Morgan fingerprint density at radius 3 is 2.36 bits per heavy atom. The quantitative estimate of drug-likeness (QED) is 0.609. The Labute approximate surface area is 97.0 Å². The summed E-state index contributed by atoms with van der Waals surface area (Å²) in [6, 6.07) is 0. The zero-order valence-corrected chi connectivity index (χ0v) is 11.5. The van der Waals surface area contributed by atoms with Crippen molar-refractivity contribution in [2.45, 2.75) is 47.0 Å². The summed E-state index contributed by atoms with van der Waals surface area (Å²) >= 11 is 3.70. The van der Waals surface area contributed by atoms with E-state index in [9.17, 15) is 0 Å². The van der Waals surface area contributed by atoms with Crippen LogP contribution in [0.5, 0.6) is 0 Å². The van der Waals surface area contributed by atoms with Crippen LogP contribution in [0, 0.1) is 28.6 Å². The molecule has 0 N–H and O–H groups in total. The third-order valence-electron chi connectivity index (χ3n) is 5.45. The fourth-order valence-corrected chi connectivity index (χ4v) is 5.86. The molecule has 2 aliphatic rings. The first-order chi connectivity index (χ1) is 6.46. The molecule has 0 heterocycles. The number of hydrogen-bond acceptors (Lipinski definition) is 0. The van der Waals surface area contributed by atoms with Crippen molar-refractivity contribution in [2.75, 3.05) is 5.33 Å². The van der Waals surface area contributed by atoms with E-state index in [1.165, 1.54) is 24.6 Å². The lowest BCUT2D eigenvalue weighted by atomic mass is 9.69. The van der Waals surface area contributed by atoms with Crippen molar-refractivity contribution in [2.24, 2.45) is 28.6 Å². The first-order valence-corrected chi connectivity index (χ1v) is 7.15. The van der Waals surface area contributed by atoms with E-state index in [-0.39, 0.29) is 0 Å². The Morgan fingerprint density at radius 1 is 1.29 bits per heavy atom. The maximum absolute atomic E-state index is 3.70. The van der Waals surface area contributed by atoms with Crippen molar-refractivity contribution in [1.29, 1.82) is 0 Å². The summed E-state index contributed by atoms with van der Waals surface area (Å²) in [4.78, 5) is 0. The topological polar surface area (TPSA) is 0 Å². The van der Waals surface area contributed by atoms with E-state index in [1.54, 1.807) is 0 Å². The van der Waals surface area contributed by atoms with Gasteiger partial charge in [-0.25, -0.2) is 0 Å². The summed E-state index contributed by atoms with van der Waals surface area (Å²) < 4.78 is 0. The van der Waals surface area contributed by atoms with Gasteiger partial charge >= 0.3 is 0 Å². The van der Waals surface area contributed by atoms with Crippen LogP contribution in [0.2, 0.25) is 0 Å². The van der Waals surface area contributed by atoms with Gasteiger partial charge in [0.15, 0.2) is 0 Å². The van der Waals surface area contributed by atoms with Crippen molar-refractivity contribution in [1.82, 2.24) is 0 Å². The normalized spacial score (nSPS) is 50.8. The van der Waals surface area contributed by atoms with Crippen LogP contribution in [0.25, 0.3) is 0 Å². The molecule has 14 heavy (non-hydrogen) atoms. The maximum Gasteiger partial charge on any atom is 0.00705 e. The molecule has 4 unspecified atom stereocenters. The van der Waals surface area contributed by atoms with Gasteiger partial charge in [0.2, 0.25) is 0 Å². The summed E-state index contributed by atoms with van der Waals surface area (Å²) in [7, 11) is 0. The Morgan fingerprint density at radius 2 is 1.93 bits per heavy atom. The predicted molar refractivity (Wildman–Crippen MR) is 65.7 cm³/mol. The van der Waals surface area contributed by atoms with E-state index >= 15 is 0 Å². The largest absolute Gasteiger partial charge is 0.0925 e. The van der Waals surface area contributed by atoms with Crippen molar-refractivity contribution < 1.29 is 0 Å². The highest BCUT2D eigenvalue weighted by molar-refractivity contribution is 9.09. The van der Waals surface area contributed by atoms with Gasteiger partial charge < -0.3 is 0 Å². The minimum absolute atomic E-state index is 0.593. The second kappa shape index (κ2) is 3.23. The van der Waals surface area contributed by atoms with E-state index in [0.29, 0.717) is 10.8 Å². The molecule has 82 valence electrons. The van der Waals surface area contributed by atoms with Crippen LogP contribution in [-0.2, 0) is 0 Å². The van der Waals surface area contributed by atoms with E-state index < -0.39 is 0 Å². The molecule has 0 saturated heterocycles. The number of alkyl halides is 1. The SMILES string of the molecule is CC1CCC2(C(C)C1)C(CBr)C2(C)C. The van der Waals surface area contributed by atoms with Crippen LogP contribution in [0.15, 0.2) is 0 Å². The molecule has 2 fully saturated rings. The Hall–Kier alpha value is 0.480. The minimum atomic E-state index is 0.593. The molecule has 0 radical (unpaired) electrons. The van der Waals surface area contributed by atoms with Crippen LogP contribution in [0.4, 0.5) is 0 Å². The van der Waals surface area contributed by atoms with Gasteiger partial charge in [-0.05, 0) is 41.4 Å². The number of rotatable bonds is 1. The molecule has 0 aromatic carbocycles. The van der Waals surface area contributed by atoms with Crippen molar-refractivity contribution >= 4 is 15.9 Å². The molecular weight excluding hydrogens is 236 g/mol.